The van der Waals surface area contributed by atoms with Crippen molar-refractivity contribution in [2.75, 3.05) is 13.1 Å². The molecule has 1 aromatic rings. The van der Waals surface area contributed by atoms with Crippen molar-refractivity contribution in [2.45, 2.75) is 50.7 Å². The highest BCUT2D eigenvalue weighted by atomic mass is 19.1. The van der Waals surface area contributed by atoms with Crippen LogP contribution in [0.5, 0.6) is 0 Å². The third-order valence-corrected chi connectivity index (χ3v) is 4.38. The number of nitrogens with zero attached hydrogens (tertiary/aromatic N) is 1. The standard InChI is InChI=1S/C18H26FN3O2/c1-18(2,19)12-15(16(20)23)21-17(24)22-10-8-14(9-11-22)13-6-4-3-5-7-13/h3-7,14-15H,8-12H2,1-2H3,(H2,20,23)(H,21,24). The predicted molar refractivity (Wildman–Crippen MR) is 91.3 cm³/mol. The fraction of sp³-hybridized carbons (Fsp3) is 0.556. The van der Waals surface area contributed by atoms with Gasteiger partial charge in [-0.05, 0) is 38.2 Å². The number of rotatable bonds is 5. The molecule has 0 aliphatic carbocycles. The summed E-state index contributed by atoms with van der Waals surface area (Å²) in [4.78, 5) is 25.4. The average molecular weight is 335 g/mol. The first-order chi connectivity index (χ1) is 11.3. The number of carbonyl (C=O) groups excluding carboxylic acids is 2. The Bertz CT molecular complexity index is 563. The molecule has 1 aliphatic heterocycles. The number of nitrogens with one attached hydrogen (secondary N) is 1. The molecule has 1 saturated heterocycles. The van der Waals surface area contributed by atoms with Crippen LogP contribution in [0, 0.1) is 0 Å². The van der Waals surface area contributed by atoms with Crippen LogP contribution < -0.4 is 11.1 Å². The SMILES string of the molecule is CC(C)(F)CC(NC(=O)N1CCC(c2ccccc2)CC1)C(N)=O. The number of urea groups is 1. The van der Waals surface area contributed by atoms with Crippen LogP contribution in [0.3, 0.4) is 0 Å². The quantitative estimate of drug-likeness (QED) is 0.868. The molecule has 3 amide bonds. The third-order valence-electron chi connectivity index (χ3n) is 4.38. The van der Waals surface area contributed by atoms with Crippen LogP contribution in [-0.4, -0.2) is 41.6 Å². The van der Waals surface area contributed by atoms with E-state index in [0.29, 0.717) is 19.0 Å². The number of halogens is 1. The first-order valence-corrected chi connectivity index (χ1v) is 8.35. The van der Waals surface area contributed by atoms with Gasteiger partial charge in [-0.1, -0.05) is 30.3 Å². The van der Waals surface area contributed by atoms with Crippen molar-refractivity contribution >= 4 is 11.9 Å². The van der Waals surface area contributed by atoms with Crippen LogP contribution in [0.2, 0.25) is 0 Å². The highest BCUT2D eigenvalue weighted by molar-refractivity contribution is 5.86. The molecule has 0 radical (unpaired) electrons. The molecular formula is C18H26FN3O2. The van der Waals surface area contributed by atoms with E-state index in [1.54, 1.807) is 4.90 Å². The van der Waals surface area contributed by atoms with Crippen LogP contribution >= 0.6 is 0 Å². The van der Waals surface area contributed by atoms with Gasteiger partial charge in [-0.25, -0.2) is 9.18 Å². The molecule has 2 rings (SSSR count). The van der Waals surface area contributed by atoms with Gasteiger partial charge < -0.3 is 16.0 Å². The van der Waals surface area contributed by atoms with Crippen LogP contribution in [0.1, 0.15) is 44.6 Å². The molecule has 24 heavy (non-hydrogen) atoms. The van der Waals surface area contributed by atoms with Gasteiger partial charge in [0.05, 0.1) is 0 Å². The molecule has 1 atom stereocenters. The van der Waals surface area contributed by atoms with E-state index in [2.05, 4.69) is 17.4 Å². The van der Waals surface area contributed by atoms with Gasteiger partial charge in [0.1, 0.15) is 11.7 Å². The van der Waals surface area contributed by atoms with Gasteiger partial charge in [0, 0.05) is 19.5 Å². The monoisotopic (exact) mass is 335 g/mol. The molecular weight excluding hydrogens is 309 g/mol. The number of benzene rings is 1. The number of hydrogen-bond acceptors (Lipinski definition) is 2. The molecule has 6 heteroatoms. The Morgan fingerprint density at radius 3 is 2.38 bits per heavy atom. The zero-order valence-electron chi connectivity index (χ0n) is 14.3. The zero-order valence-corrected chi connectivity index (χ0v) is 14.3. The highest BCUT2D eigenvalue weighted by Gasteiger charge is 2.30. The number of likely N-dealkylation sites (tertiary alicyclic amines) is 1. The van der Waals surface area contributed by atoms with E-state index in [1.165, 1.54) is 19.4 Å². The lowest BCUT2D eigenvalue weighted by Gasteiger charge is -2.33. The topological polar surface area (TPSA) is 75.4 Å². The Hall–Kier alpha value is -2.11. The van der Waals surface area contributed by atoms with Crippen LogP contribution in [0.25, 0.3) is 0 Å². The van der Waals surface area contributed by atoms with E-state index in [-0.39, 0.29) is 12.5 Å². The normalized spacial score (nSPS) is 17.4. The molecule has 0 spiro atoms. The maximum atomic E-state index is 13.8. The maximum absolute atomic E-state index is 13.8. The molecule has 0 aromatic heterocycles. The van der Waals surface area contributed by atoms with Gasteiger partial charge in [-0.3, -0.25) is 4.79 Å². The Labute approximate surface area is 142 Å². The van der Waals surface area contributed by atoms with E-state index in [1.807, 2.05) is 18.2 Å². The first-order valence-electron chi connectivity index (χ1n) is 8.35. The Morgan fingerprint density at radius 2 is 1.88 bits per heavy atom. The molecule has 3 N–H and O–H groups in total. The van der Waals surface area contributed by atoms with Crippen molar-refractivity contribution in [2.24, 2.45) is 5.73 Å². The van der Waals surface area contributed by atoms with Crippen molar-refractivity contribution in [3.8, 4) is 0 Å². The second-order valence-corrected chi connectivity index (χ2v) is 7.00. The van der Waals surface area contributed by atoms with E-state index >= 15 is 0 Å². The van der Waals surface area contributed by atoms with Crippen molar-refractivity contribution < 1.29 is 14.0 Å². The lowest BCUT2D eigenvalue weighted by atomic mass is 9.89. The molecule has 0 bridgehead atoms. The van der Waals surface area contributed by atoms with Gasteiger partial charge in [-0.2, -0.15) is 0 Å². The molecule has 1 aromatic carbocycles. The van der Waals surface area contributed by atoms with Crippen molar-refractivity contribution in [1.29, 1.82) is 0 Å². The fourth-order valence-corrected chi connectivity index (χ4v) is 3.09. The zero-order chi connectivity index (χ0) is 17.7. The van der Waals surface area contributed by atoms with Crippen molar-refractivity contribution in [3.05, 3.63) is 35.9 Å². The van der Waals surface area contributed by atoms with Gasteiger partial charge in [0.15, 0.2) is 0 Å². The Morgan fingerprint density at radius 1 is 1.29 bits per heavy atom. The van der Waals surface area contributed by atoms with Crippen LogP contribution in [0.15, 0.2) is 30.3 Å². The summed E-state index contributed by atoms with van der Waals surface area (Å²) < 4.78 is 13.8. The first kappa shape index (κ1) is 18.2. The van der Waals surface area contributed by atoms with E-state index in [9.17, 15) is 14.0 Å². The van der Waals surface area contributed by atoms with Crippen molar-refractivity contribution in [1.82, 2.24) is 10.2 Å². The second kappa shape index (κ2) is 7.64. The minimum atomic E-state index is -1.58. The van der Waals surface area contributed by atoms with Crippen LogP contribution in [0.4, 0.5) is 9.18 Å². The van der Waals surface area contributed by atoms with Gasteiger partial charge in [0.25, 0.3) is 0 Å². The summed E-state index contributed by atoms with van der Waals surface area (Å²) in [5, 5.41) is 2.57. The predicted octanol–water partition coefficient (Wildman–Crippen LogP) is 2.57. The minimum absolute atomic E-state index is 0.130. The number of primary amides is 1. The number of piperidine rings is 1. The van der Waals surface area contributed by atoms with E-state index < -0.39 is 17.6 Å². The summed E-state index contributed by atoms with van der Waals surface area (Å²) in [5.74, 6) is -0.278. The highest BCUT2D eigenvalue weighted by Crippen LogP contribution is 2.27. The molecule has 1 heterocycles. The van der Waals surface area contributed by atoms with Gasteiger partial charge in [0.2, 0.25) is 5.91 Å². The molecule has 1 unspecified atom stereocenters. The summed E-state index contributed by atoms with van der Waals surface area (Å²) in [6.45, 7) is 3.94. The number of amides is 3. The Kier molecular flexibility index (Phi) is 5.80. The average Bonchev–Trinajstić information content (AvgIpc) is 2.54. The number of hydrogen-bond donors (Lipinski definition) is 2. The number of alkyl halides is 1. The summed E-state index contributed by atoms with van der Waals surface area (Å²) in [7, 11) is 0. The molecule has 1 fully saturated rings. The fourth-order valence-electron chi connectivity index (χ4n) is 3.09. The molecule has 0 saturated carbocycles. The lowest BCUT2D eigenvalue weighted by Crippen LogP contribution is -2.53. The number of carbonyl (C=O) groups is 2. The molecule has 132 valence electrons. The van der Waals surface area contributed by atoms with Crippen molar-refractivity contribution in [3.63, 3.8) is 0 Å². The van der Waals surface area contributed by atoms with Crippen LogP contribution in [-0.2, 0) is 4.79 Å². The smallest absolute Gasteiger partial charge is 0.318 e. The summed E-state index contributed by atoms with van der Waals surface area (Å²) in [6.07, 6.45) is 1.61. The summed E-state index contributed by atoms with van der Waals surface area (Å²) >= 11 is 0. The molecule has 1 aliphatic rings. The Balaban J connectivity index is 1.89. The summed E-state index contributed by atoms with van der Waals surface area (Å²) in [6, 6.07) is 8.89. The third kappa shape index (κ3) is 5.22. The lowest BCUT2D eigenvalue weighted by molar-refractivity contribution is -0.120. The maximum Gasteiger partial charge on any atom is 0.318 e. The van der Waals surface area contributed by atoms with Gasteiger partial charge in [-0.15, -0.1) is 0 Å². The molecule has 5 nitrogen and oxygen atoms in total. The summed E-state index contributed by atoms with van der Waals surface area (Å²) in [5.41, 5.74) is 4.99. The number of nitrogens with two attached hydrogens (primary N) is 1. The van der Waals surface area contributed by atoms with E-state index in [0.717, 1.165) is 12.8 Å². The van der Waals surface area contributed by atoms with Gasteiger partial charge >= 0.3 is 6.03 Å². The second-order valence-electron chi connectivity index (χ2n) is 7.00. The minimum Gasteiger partial charge on any atom is -0.368 e. The largest absolute Gasteiger partial charge is 0.368 e. The van der Waals surface area contributed by atoms with E-state index in [4.69, 9.17) is 5.73 Å².